The summed E-state index contributed by atoms with van der Waals surface area (Å²) in [4.78, 5) is 15.0. The standard InChI is InChI=1S/C18H18N6/c1-24(15-10-6-3-7-11-15)18-20-13-12-16(23-18)22-17(19)21-14-8-4-2-5-9-14/h2-13H,1H3,(H3,19,20,21,22,23). The summed E-state index contributed by atoms with van der Waals surface area (Å²) in [6.45, 7) is 0. The van der Waals surface area contributed by atoms with E-state index in [4.69, 9.17) is 5.73 Å². The van der Waals surface area contributed by atoms with Crippen molar-refractivity contribution in [1.82, 2.24) is 9.97 Å². The fraction of sp³-hybridized carbons (Fsp3) is 0.0556. The van der Waals surface area contributed by atoms with E-state index in [1.807, 2.05) is 72.6 Å². The number of nitrogens with one attached hydrogen (secondary N) is 1. The number of aromatic nitrogens is 2. The molecule has 3 N–H and O–H groups in total. The van der Waals surface area contributed by atoms with Crippen molar-refractivity contribution in [1.29, 1.82) is 0 Å². The molecule has 0 fully saturated rings. The molecule has 6 nitrogen and oxygen atoms in total. The predicted molar refractivity (Wildman–Crippen MR) is 97.9 cm³/mol. The Labute approximate surface area is 140 Å². The van der Waals surface area contributed by atoms with Crippen LogP contribution in [0.25, 0.3) is 0 Å². The third-order valence-electron chi connectivity index (χ3n) is 3.35. The minimum absolute atomic E-state index is 0.271. The Balaban J connectivity index is 1.77. The highest BCUT2D eigenvalue weighted by Crippen LogP contribution is 2.20. The fourth-order valence-electron chi connectivity index (χ4n) is 2.15. The number of guanidine groups is 1. The Morgan fingerprint density at radius 3 is 2.38 bits per heavy atom. The van der Waals surface area contributed by atoms with Crippen LogP contribution in [0.2, 0.25) is 0 Å². The van der Waals surface area contributed by atoms with Crippen molar-refractivity contribution in [3.63, 3.8) is 0 Å². The summed E-state index contributed by atoms with van der Waals surface area (Å²) < 4.78 is 0. The lowest BCUT2D eigenvalue weighted by Crippen LogP contribution is -2.23. The van der Waals surface area contributed by atoms with Crippen molar-refractivity contribution in [3.05, 3.63) is 72.9 Å². The number of nitrogens with zero attached hydrogens (tertiary/aromatic N) is 4. The highest BCUT2D eigenvalue weighted by molar-refractivity contribution is 5.93. The lowest BCUT2D eigenvalue weighted by atomic mass is 10.3. The summed E-state index contributed by atoms with van der Waals surface area (Å²) in [6, 6.07) is 21.1. The molecule has 3 rings (SSSR count). The van der Waals surface area contributed by atoms with Crippen molar-refractivity contribution in [2.24, 2.45) is 10.7 Å². The van der Waals surface area contributed by atoms with Crippen LogP contribution in [0.5, 0.6) is 0 Å². The van der Waals surface area contributed by atoms with E-state index in [0.29, 0.717) is 11.8 Å². The van der Waals surface area contributed by atoms with Crippen LogP contribution in [0, 0.1) is 0 Å². The number of hydrogen-bond acceptors (Lipinski definition) is 4. The minimum Gasteiger partial charge on any atom is -0.369 e. The fourth-order valence-corrected chi connectivity index (χ4v) is 2.15. The Bertz CT molecular complexity index is 817. The molecule has 0 unspecified atom stereocenters. The number of benzene rings is 2. The van der Waals surface area contributed by atoms with Crippen molar-refractivity contribution in [2.75, 3.05) is 17.3 Å². The van der Waals surface area contributed by atoms with Crippen LogP contribution in [0.3, 0.4) is 0 Å². The van der Waals surface area contributed by atoms with Crippen LogP contribution in [0.4, 0.5) is 23.1 Å². The van der Waals surface area contributed by atoms with E-state index in [-0.39, 0.29) is 5.96 Å². The second-order valence-corrected chi connectivity index (χ2v) is 5.09. The van der Waals surface area contributed by atoms with Gasteiger partial charge in [-0.05, 0) is 30.3 Å². The zero-order valence-electron chi connectivity index (χ0n) is 13.3. The van der Waals surface area contributed by atoms with Gasteiger partial charge in [0, 0.05) is 18.9 Å². The van der Waals surface area contributed by atoms with Crippen LogP contribution >= 0.6 is 0 Å². The first-order valence-corrected chi connectivity index (χ1v) is 7.50. The monoisotopic (exact) mass is 318 g/mol. The summed E-state index contributed by atoms with van der Waals surface area (Å²) >= 11 is 0. The van der Waals surface area contributed by atoms with Crippen molar-refractivity contribution >= 4 is 29.1 Å². The van der Waals surface area contributed by atoms with Gasteiger partial charge < -0.3 is 16.0 Å². The Morgan fingerprint density at radius 1 is 1.00 bits per heavy atom. The molecule has 1 aromatic heterocycles. The Kier molecular flexibility index (Phi) is 4.67. The molecule has 0 bridgehead atoms. The molecule has 0 saturated heterocycles. The second-order valence-electron chi connectivity index (χ2n) is 5.09. The molecular weight excluding hydrogens is 300 g/mol. The molecule has 24 heavy (non-hydrogen) atoms. The van der Waals surface area contributed by atoms with Crippen molar-refractivity contribution in [3.8, 4) is 0 Å². The molecule has 0 aliphatic rings. The van der Waals surface area contributed by atoms with E-state index in [1.54, 1.807) is 12.3 Å². The van der Waals surface area contributed by atoms with Crippen LogP contribution in [-0.2, 0) is 0 Å². The SMILES string of the molecule is CN(c1ccccc1)c1nccc(NC(N)=Nc2ccccc2)n1. The molecule has 0 aliphatic heterocycles. The summed E-state index contributed by atoms with van der Waals surface area (Å²) in [7, 11) is 1.91. The Morgan fingerprint density at radius 2 is 1.67 bits per heavy atom. The van der Waals surface area contributed by atoms with Gasteiger partial charge in [0.1, 0.15) is 5.82 Å². The largest absolute Gasteiger partial charge is 0.369 e. The van der Waals surface area contributed by atoms with Gasteiger partial charge in [-0.25, -0.2) is 9.98 Å². The average Bonchev–Trinajstić information content (AvgIpc) is 2.63. The lowest BCUT2D eigenvalue weighted by molar-refractivity contribution is 1.05. The number of rotatable bonds is 4. The highest BCUT2D eigenvalue weighted by Gasteiger charge is 2.07. The third kappa shape index (κ3) is 3.86. The smallest absolute Gasteiger partial charge is 0.231 e. The third-order valence-corrected chi connectivity index (χ3v) is 3.35. The summed E-state index contributed by atoms with van der Waals surface area (Å²) in [6.07, 6.45) is 1.68. The summed E-state index contributed by atoms with van der Waals surface area (Å²) in [5, 5.41) is 2.99. The molecule has 6 heteroatoms. The first-order valence-electron chi connectivity index (χ1n) is 7.50. The molecular formula is C18H18N6. The molecule has 0 saturated carbocycles. The van der Waals surface area contributed by atoms with Crippen molar-refractivity contribution in [2.45, 2.75) is 0 Å². The van der Waals surface area contributed by atoms with Crippen LogP contribution in [0.1, 0.15) is 0 Å². The zero-order valence-corrected chi connectivity index (χ0v) is 13.3. The average molecular weight is 318 g/mol. The van der Waals surface area contributed by atoms with Gasteiger partial charge in [-0.1, -0.05) is 36.4 Å². The minimum atomic E-state index is 0.271. The van der Waals surface area contributed by atoms with E-state index < -0.39 is 0 Å². The molecule has 0 amide bonds. The van der Waals surface area contributed by atoms with Gasteiger partial charge in [0.15, 0.2) is 5.96 Å². The van der Waals surface area contributed by atoms with Gasteiger partial charge in [-0.2, -0.15) is 4.98 Å². The van der Waals surface area contributed by atoms with Crippen LogP contribution < -0.4 is 16.0 Å². The predicted octanol–water partition coefficient (Wildman–Crippen LogP) is 3.30. The van der Waals surface area contributed by atoms with Crippen molar-refractivity contribution < 1.29 is 0 Å². The molecule has 0 atom stereocenters. The van der Waals surface area contributed by atoms with E-state index in [0.717, 1.165) is 11.4 Å². The van der Waals surface area contributed by atoms with Crippen LogP contribution in [-0.4, -0.2) is 23.0 Å². The van der Waals surface area contributed by atoms with Gasteiger partial charge in [-0.15, -0.1) is 0 Å². The van der Waals surface area contributed by atoms with Gasteiger partial charge in [0.25, 0.3) is 0 Å². The second kappa shape index (κ2) is 7.23. The summed E-state index contributed by atoms with van der Waals surface area (Å²) in [5.74, 6) is 1.42. The molecule has 1 heterocycles. The molecule has 3 aromatic rings. The molecule has 0 spiro atoms. The molecule has 0 radical (unpaired) electrons. The van der Waals surface area contributed by atoms with Crippen LogP contribution in [0.15, 0.2) is 77.9 Å². The zero-order chi connectivity index (χ0) is 16.8. The van der Waals surface area contributed by atoms with E-state index >= 15 is 0 Å². The van der Waals surface area contributed by atoms with Gasteiger partial charge >= 0.3 is 0 Å². The quantitative estimate of drug-likeness (QED) is 0.570. The first kappa shape index (κ1) is 15.5. The number of aliphatic imine (C=N–C) groups is 1. The van der Waals surface area contributed by atoms with E-state index in [9.17, 15) is 0 Å². The number of anilines is 3. The maximum absolute atomic E-state index is 5.94. The molecule has 0 aliphatic carbocycles. The molecule has 2 aromatic carbocycles. The number of hydrogen-bond donors (Lipinski definition) is 2. The van der Waals surface area contributed by atoms with Gasteiger partial charge in [0.05, 0.1) is 5.69 Å². The summed E-state index contributed by atoms with van der Waals surface area (Å²) in [5.41, 5.74) is 7.72. The number of nitrogens with two attached hydrogens (primary N) is 1. The lowest BCUT2D eigenvalue weighted by Gasteiger charge is -2.17. The normalized spacial score (nSPS) is 11.1. The van der Waals surface area contributed by atoms with E-state index in [1.165, 1.54) is 0 Å². The number of para-hydroxylation sites is 2. The maximum atomic E-state index is 5.94. The Hall–Kier alpha value is -3.41. The highest BCUT2D eigenvalue weighted by atomic mass is 15.3. The van der Waals surface area contributed by atoms with E-state index in [2.05, 4.69) is 20.3 Å². The topological polar surface area (TPSA) is 79.4 Å². The first-order chi connectivity index (χ1) is 11.7. The van der Waals surface area contributed by atoms with Gasteiger partial charge in [0.2, 0.25) is 5.95 Å². The van der Waals surface area contributed by atoms with Gasteiger partial charge in [-0.3, -0.25) is 0 Å². The molecule has 120 valence electrons. The maximum Gasteiger partial charge on any atom is 0.231 e.